The summed E-state index contributed by atoms with van der Waals surface area (Å²) in [5, 5.41) is 0. The fourth-order valence-corrected chi connectivity index (χ4v) is 1.84. The molecule has 0 aliphatic heterocycles. The SMILES string of the molecule is O=C(CC(F)(F)F)OS(=O)(=O)c1ccccc1. The van der Waals surface area contributed by atoms with Crippen molar-refractivity contribution in [3.63, 3.8) is 0 Å². The molecular weight excluding hydrogens is 261 g/mol. The summed E-state index contributed by atoms with van der Waals surface area (Å²) in [5.74, 6) is -1.86. The van der Waals surface area contributed by atoms with Crippen LogP contribution in [0.5, 0.6) is 0 Å². The van der Waals surface area contributed by atoms with Crippen molar-refractivity contribution < 1.29 is 30.6 Å². The molecule has 0 bridgehead atoms. The lowest BCUT2D eigenvalue weighted by atomic mass is 10.4. The van der Waals surface area contributed by atoms with Gasteiger partial charge in [-0.05, 0) is 12.1 Å². The third kappa shape index (κ3) is 4.43. The molecule has 0 aromatic heterocycles. The van der Waals surface area contributed by atoms with Crippen LogP contribution in [0.2, 0.25) is 0 Å². The lowest BCUT2D eigenvalue weighted by Gasteiger charge is -2.07. The highest BCUT2D eigenvalue weighted by atomic mass is 32.2. The molecule has 0 spiro atoms. The molecule has 0 aliphatic rings. The summed E-state index contributed by atoms with van der Waals surface area (Å²) in [7, 11) is -4.48. The first-order chi connectivity index (χ1) is 7.71. The van der Waals surface area contributed by atoms with Gasteiger partial charge in [-0.1, -0.05) is 18.2 Å². The van der Waals surface area contributed by atoms with Crippen LogP contribution in [0, 0.1) is 0 Å². The predicted octanol–water partition coefficient (Wildman–Crippen LogP) is 1.87. The summed E-state index contributed by atoms with van der Waals surface area (Å²) in [6, 6.07) is 6.43. The minimum absolute atomic E-state index is 0.379. The van der Waals surface area contributed by atoms with E-state index < -0.39 is 28.7 Å². The van der Waals surface area contributed by atoms with Gasteiger partial charge in [0, 0.05) is 0 Å². The fraction of sp³-hybridized carbons (Fsp3) is 0.222. The Hall–Kier alpha value is -1.57. The third-order valence-corrected chi connectivity index (χ3v) is 2.83. The van der Waals surface area contributed by atoms with Crippen molar-refractivity contribution in [1.29, 1.82) is 0 Å². The zero-order chi connectivity index (χ0) is 13.1. The predicted molar refractivity (Wildman–Crippen MR) is 50.4 cm³/mol. The molecule has 0 N–H and O–H groups in total. The van der Waals surface area contributed by atoms with Gasteiger partial charge in [0.05, 0.1) is 0 Å². The van der Waals surface area contributed by atoms with Crippen LogP contribution in [0.1, 0.15) is 6.42 Å². The monoisotopic (exact) mass is 268 g/mol. The molecule has 8 heteroatoms. The van der Waals surface area contributed by atoms with E-state index in [2.05, 4.69) is 4.18 Å². The third-order valence-electron chi connectivity index (χ3n) is 1.58. The minimum Gasteiger partial charge on any atom is -0.342 e. The Bertz CT molecular complexity index is 493. The van der Waals surface area contributed by atoms with Crippen molar-refractivity contribution in [1.82, 2.24) is 0 Å². The smallest absolute Gasteiger partial charge is 0.342 e. The van der Waals surface area contributed by atoms with Crippen LogP contribution in [0.3, 0.4) is 0 Å². The van der Waals surface area contributed by atoms with Gasteiger partial charge in [0.15, 0.2) is 0 Å². The van der Waals surface area contributed by atoms with E-state index in [1.807, 2.05) is 0 Å². The summed E-state index contributed by atoms with van der Waals surface area (Å²) in [4.78, 5) is 10.3. The maximum absolute atomic E-state index is 11.8. The first-order valence-electron chi connectivity index (χ1n) is 4.30. The van der Waals surface area contributed by atoms with Gasteiger partial charge in [0.1, 0.15) is 11.3 Å². The molecule has 1 aromatic carbocycles. The molecule has 0 atom stereocenters. The quantitative estimate of drug-likeness (QED) is 0.785. The highest BCUT2D eigenvalue weighted by molar-refractivity contribution is 7.87. The molecule has 0 aliphatic carbocycles. The van der Waals surface area contributed by atoms with Crippen molar-refractivity contribution in [2.24, 2.45) is 0 Å². The standard InChI is InChI=1S/C9H7F3O4S/c10-9(11,12)6-8(13)16-17(14,15)7-4-2-1-3-5-7/h1-5H,6H2. The molecule has 0 heterocycles. The molecule has 0 saturated carbocycles. The van der Waals surface area contributed by atoms with E-state index in [4.69, 9.17) is 0 Å². The minimum atomic E-state index is -4.80. The molecular formula is C9H7F3O4S. The van der Waals surface area contributed by atoms with E-state index in [0.29, 0.717) is 0 Å². The van der Waals surface area contributed by atoms with Gasteiger partial charge in [-0.15, -0.1) is 0 Å². The van der Waals surface area contributed by atoms with Gasteiger partial charge in [-0.2, -0.15) is 21.6 Å². The average molecular weight is 268 g/mol. The number of hydrogen-bond donors (Lipinski definition) is 0. The number of rotatable bonds is 3. The van der Waals surface area contributed by atoms with E-state index >= 15 is 0 Å². The Balaban J connectivity index is 2.79. The largest absolute Gasteiger partial charge is 0.399 e. The van der Waals surface area contributed by atoms with Gasteiger partial charge >= 0.3 is 22.3 Å². The lowest BCUT2D eigenvalue weighted by molar-refractivity contribution is -0.163. The van der Waals surface area contributed by atoms with E-state index in [1.165, 1.54) is 18.2 Å². The Morgan fingerprint density at radius 1 is 1.18 bits per heavy atom. The van der Waals surface area contributed by atoms with Crippen LogP contribution < -0.4 is 0 Å². The summed E-state index contributed by atoms with van der Waals surface area (Å²) < 4.78 is 61.8. The van der Waals surface area contributed by atoms with Gasteiger partial charge in [-0.25, -0.2) is 0 Å². The molecule has 0 radical (unpaired) electrons. The Kier molecular flexibility index (Phi) is 3.76. The van der Waals surface area contributed by atoms with Crippen LogP contribution in [0.15, 0.2) is 35.2 Å². The second-order valence-electron chi connectivity index (χ2n) is 3.01. The van der Waals surface area contributed by atoms with Crippen LogP contribution in [0.25, 0.3) is 0 Å². The van der Waals surface area contributed by atoms with Crippen LogP contribution in [-0.4, -0.2) is 20.6 Å². The molecule has 4 nitrogen and oxygen atoms in total. The lowest BCUT2D eigenvalue weighted by Crippen LogP contribution is -2.20. The molecule has 94 valence electrons. The highest BCUT2D eigenvalue weighted by Gasteiger charge is 2.34. The van der Waals surface area contributed by atoms with Crippen LogP contribution in [-0.2, 0) is 19.1 Å². The van der Waals surface area contributed by atoms with E-state index in [9.17, 15) is 26.4 Å². The van der Waals surface area contributed by atoms with E-state index in [0.717, 1.165) is 12.1 Å². The number of hydrogen-bond acceptors (Lipinski definition) is 4. The zero-order valence-corrected chi connectivity index (χ0v) is 9.09. The fourth-order valence-electron chi connectivity index (χ4n) is 0.951. The summed E-state index contributed by atoms with van der Waals surface area (Å²) in [6.07, 6.45) is -6.75. The zero-order valence-electron chi connectivity index (χ0n) is 8.27. The summed E-state index contributed by atoms with van der Waals surface area (Å²) in [6.45, 7) is 0. The number of alkyl halides is 3. The Morgan fingerprint density at radius 3 is 2.18 bits per heavy atom. The second-order valence-corrected chi connectivity index (χ2v) is 4.56. The van der Waals surface area contributed by atoms with Crippen molar-refractivity contribution in [3.8, 4) is 0 Å². The summed E-state index contributed by atoms with van der Waals surface area (Å²) >= 11 is 0. The number of halogens is 3. The van der Waals surface area contributed by atoms with Crippen molar-refractivity contribution in [3.05, 3.63) is 30.3 Å². The molecule has 0 unspecified atom stereocenters. The normalized spacial score (nSPS) is 12.2. The number of benzene rings is 1. The number of carbonyl (C=O) groups excluding carboxylic acids is 1. The molecule has 1 rings (SSSR count). The van der Waals surface area contributed by atoms with Crippen LogP contribution >= 0.6 is 0 Å². The average Bonchev–Trinajstić information content (AvgIpc) is 2.15. The maximum atomic E-state index is 11.8. The molecule has 0 saturated heterocycles. The number of carbonyl (C=O) groups is 1. The van der Waals surface area contributed by atoms with Gasteiger partial charge in [-0.3, -0.25) is 4.79 Å². The first-order valence-corrected chi connectivity index (χ1v) is 5.71. The topological polar surface area (TPSA) is 60.4 Å². The van der Waals surface area contributed by atoms with Gasteiger partial charge in [0.25, 0.3) is 0 Å². The first kappa shape index (κ1) is 13.5. The van der Waals surface area contributed by atoms with Gasteiger partial charge < -0.3 is 4.18 Å². The van der Waals surface area contributed by atoms with E-state index in [1.54, 1.807) is 0 Å². The van der Waals surface area contributed by atoms with Crippen molar-refractivity contribution >= 4 is 16.1 Å². The summed E-state index contributed by atoms with van der Waals surface area (Å²) in [5.41, 5.74) is 0. The van der Waals surface area contributed by atoms with Crippen molar-refractivity contribution in [2.75, 3.05) is 0 Å². The Morgan fingerprint density at radius 2 is 1.71 bits per heavy atom. The molecule has 0 amide bonds. The van der Waals surface area contributed by atoms with Crippen LogP contribution in [0.4, 0.5) is 13.2 Å². The van der Waals surface area contributed by atoms with E-state index in [-0.39, 0.29) is 4.90 Å². The van der Waals surface area contributed by atoms with Crippen molar-refractivity contribution in [2.45, 2.75) is 17.5 Å². The molecule has 1 aromatic rings. The Labute approximate surface area is 95.1 Å². The molecule has 17 heavy (non-hydrogen) atoms. The maximum Gasteiger partial charge on any atom is 0.399 e. The molecule has 0 fully saturated rings. The highest BCUT2D eigenvalue weighted by Crippen LogP contribution is 2.21. The second kappa shape index (κ2) is 4.74. The van der Waals surface area contributed by atoms with Gasteiger partial charge in [0.2, 0.25) is 0 Å².